The molecule has 0 fully saturated rings. The summed E-state index contributed by atoms with van der Waals surface area (Å²) in [4.78, 5) is 24.1. The van der Waals surface area contributed by atoms with Crippen LogP contribution in [0.2, 0.25) is 5.02 Å². The molecule has 0 aliphatic heterocycles. The molecule has 0 unspecified atom stereocenters. The molecule has 0 radical (unpaired) electrons. The molecule has 1 heterocycles. The molecule has 5 heteroatoms. The zero-order valence-electron chi connectivity index (χ0n) is 12.5. The molecule has 3 aromatic rings. The number of carbonyl (C=O) groups excluding carboxylic acids is 1. The highest BCUT2D eigenvalue weighted by atomic mass is 35.5. The number of benzene rings is 2. The summed E-state index contributed by atoms with van der Waals surface area (Å²) in [7, 11) is 0. The minimum Gasteiger partial charge on any atom is -0.338 e. The minimum atomic E-state index is -0.159. The van der Waals surface area contributed by atoms with Gasteiger partial charge in [0.25, 0.3) is 0 Å². The Balaban J connectivity index is 1.86. The SMILES string of the molecule is Cc1ccc(NC(=O)Cn2ccc(=O)c3cc(Cl)ccc32)cc1. The lowest BCUT2D eigenvalue weighted by molar-refractivity contribution is -0.116. The van der Waals surface area contributed by atoms with E-state index in [1.165, 1.54) is 6.07 Å². The summed E-state index contributed by atoms with van der Waals surface area (Å²) in [5.74, 6) is -0.159. The summed E-state index contributed by atoms with van der Waals surface area (Å²) < 4.78 is 1.73. The molecule has 4 nitrogen and oxygen atoms in total. The van der Waals surface area contributed by atoms with Gasteiger partial charge in [-0.25, -0.2) is 0 Å². The van der Waals surface area contributed by atoms with Crippen molar-refractivity contribution < 1.29 is 4.79 Å². The summed E-state index contributed by atoms with van der Waals surface area (Å²) >= 11 is 5.94. The van der Waals surface area contributed by atoms with E-state index in [4.69, 9.17) is 11.6 Å². The van der Waals surface area contributed by atoms with Gasteiger partial charge in [0.15, 0.2) is 5.43 Å². The summed E-state index contributed by atoms with van der Waals surface area (Å²) in [5, 5.41) is 3.84. The third-order valence-electron chi connectivity index (χ3n) is 3.59. The molecule has 0 saturated heterocycles. The third-order valence-corrected chi connectivity index (χ3v) is 3.82. The Morgan fingerprint density at radius 3 is 2.61 bits per heavy atom. The number of hydrogen-bond donors (Lipinski definition) is 1. The number of aromatic nitrogens is 1. The van der Waals surface area contributed by atoms with Crippen LogP contribution in [0.3, 0.4) is 0 Å². The molecule has 0 atom stereocenters. The van der Waals surface area contributed by atoms with Crippen LogP contribution in [-0.4, -0.2) is 10.5 Å². The topological polar surface area (TPSA) is 51.1 Å². The van der Waals surface area contributed by atoms with E-state index in [1.54, 1.807) is 29.0 Å². The van der Waals surface area contributed by atoms with Crippen LogP contribution in [0, 0.1) is 6.92 Å². The highest BCUT2D eigenvalue weighted by Crippen LogP contribution is 2.16. The van der Waals surface area contributed by atoms with Crippen LogP contribution in [0.5, 0.6) is 0 Å². The van der Waals surface area contributed by atoms with Crippen molar-refractivity contribution in [3.63, 3.8) is 0 Å². The van der Waals surface area contributed by atoms with Crippen molar-refractivity contribution in [2.75, 3.05) is 5.32 Å². The van der Waals surface area contributed by atoms with Crippen molar-refractivity contribution in [2.45, 2.75) is 13.5 Å². The number of hydrogen-bond acceptors (Lipinski definition) is 2. The quantitative estimate of drug-likeness (QED) is 0.799. The Bertz CT molecular complexity index is 930. The van der Waals surface area contributed by atoms with Crippen LogP contribution in [0.4, 0.5) is 5.69 Å². The number of pyridine rings is 1. The molecular formula is C18H15ClN2O2. The van der Waals surface area contributed by atoms with Crippen molar-refractivity contribution >= 4 is 34.1 Å². The Morgan fingerprint density at radius 1 is 1.13 bits per heavy atom. The van der Waals surface area contributed by atoms with Gasteiger partial charge in [0.05, 0.1) is 5.52 Å². The van der Waals surface area contributed by atoms with Crippen LogP contribution in [0.25, 0.3) is 10.9 Å². The maximum absolute atomic E-state index is 12.2. The average Bonchev–Trinajstić information content (AvgIpc) is 2.52. The van der Waals surface area contributed by atoms with E-state index in [2.05, 4.69) is 5.32 Å². The van der Waals surface area contributed by atoms with Gasteiger partial charge in [0, 0.05) is 28.4 Å². The van der Waals surface area contributed by atoms with E-state index in [0.717, 1.165) is 11.3 Å². The standard InChI is InChI=1S/C18H15ClN2O2/c1-12-2-5-14(6-3-12)20-18(23)11-21-9-8-17(22)15-10-13(19)4-7-16(15)21/h2-10H,11H2,1H3,(H,20,23). The van der Waals surface area contributed by atoms with E-state index in [-0.39, 0.29) is 17.9 Å². The Morgan fingerprint density at radius 2 is 1.87 bits per heavy atom. The first-order valence-corrected chi connectivity index (χ1v) is 7.56. The molecule has 116 valence electrons. The van der Waals surface area contributed by atoms with Gasteiger partial charge in [0.2, 0.25) is 5.91 Å². The van der Waals surface area contributed by atoms with Gasteiger partial charge in [-0.2, -0.15) is 0 Å². The van der Waals surface area contributed by atoms with E-state index in [9.17, 15) is 9.59 Å². The van der Waals surface area contributed by atoms with Gasteiger partial charge in [-0.3, -0.25) is 9.59 Å². The molecule has 0 aliphatic carbocycles. The number of halogens is 1. The number of fused-ring (bicyclic) bond motifs is 1. The zero-order chi connectivity index (χ0) is 16.4. The molecule has 1 amide bonds. The number of anilines is 1. The molecule has 1 N–H and O–H groups in total. The van der Waals surface area contributed by atoms with Gasteiger partial charge in [-0.15, -0.1) is 0 Å². The van der Waals surface area contributed by atoms with Gasteiger partial charge < -0.3 is 9.88 Å². The Kier molecular flexibility index (Phi) is 4.17. The lowest BCUT2D eigenvalue weighted by Crippen LogP contribution is -2.20. The van der Waals surface area contributed by atoms with E-state index in [0.29, 0.717) is 15.9 Å². The average molecular weight is 327 g/mol. The molecule has 1 aromatic heterocycles. The molecule has 0 spiro atoms. The molecule has 23 heavy (non-hydrogen) atoms. The smallest absolute Gasteiger partial charge is 0.244 e. The van der Waals surface area contributed by atoms with Crippen LogP contribution >= 0.6 is 11.6 Å². The van der Waals surface area contributed by atoms with Gasteiger partial charge in [-0.05, 0) is 37.3 Å². The second-order valence-electron chi connectivity index (χ2n) is 5.38. The van der Waals surface area contributed by atoms with Crippen LogP contribution in [-0.2, 0) is 11.3 Å². The molecule has 3 rings (SSSR count). The Labute approximate surface area is 138 Å². The predicted molar refractivity (Wildman–Crippen MR) is 93.0 cm³/mol. The molecular weight excluding hydrogens is 312 g/mol. The van der Waals surface area contributed by atoms with Crippen molar-refractivity contribution in [1.82, 2.24) is 4.57 Å². The van der Waals surface area contributed by atoms with Crippen molar-refractivity contribution in [2.24, 2.45) is 0 Å². The van der Waals surface area contributed by atoms with Crippen molar-refractivity contribution in [3.8, 4) is 0 Å². The van der Waals surface area contributed by atoms with Crippen LogP contribution in [0.1, 0.15) is 5.56 Å². The fourth-order valence-electron chi connectivity index (χ4n) is 2.41. The molecule has 2 aromatic carbocycles. The van der Waals surface area contributed by atoms with Gasteiger partial charge in [0.1, 0.15) is 6.54 Å². The van der Waals surface area contributed by atoms with Crippen molar-refractivity contribution in [3.05, 3.63) is 75.5 Å². The summed E-state index contributed by atoms with van der Waals surface area (Å²) in [6.07, 6.45) is 1.62. The number of rotatable bonds is 3. The number of nitrogens with zero attached hydrogens (tertiary/aromatic N) is 1. The second-order valence-corrected chi connectivity index (χ2v) is 5.82. The maximum atomic E-state index is 12.2. The monoisotopic (exact) mass is 326 g/mol. The number of aryl methyl sites for hydroxylation is 1. The number of nitrogens with one attached hydrogen (secondary N) is 1. The number of carbonyl (C=O) groups is 1. The second kappa shape index (κ2) is 6.26. The fourth-order valence-corrected chi connectivity index (χ4v) is 2.59. The maximum Gasteiger partial charge on any atom is 0.244 e. The first-order chi connectivity index (χ1) is 11.0. The minimum absolute atomic E-state index is 0.113. The predicted octanol–water partition coefficient (Wildman–Crippen LogP) is 3.60. The normalized spacial score (nSPS) is 10.7. The fraction of sp³-hybridized carbons (Fsp3) is 0.111. The first-order valence-electron chi connectivity index (χ1n) is 7.18. The van der Waals surface area contributed by atoms with E-state index in [1.807, 2.05) is 31.2 Å². The van der Waals surface area contributed by atoms with Crippen LogP contribution in [0.15, 0.2) is 59.5 Å². The summed E-state index contributed by atoms with van der Waals surface area (Å²) in [6, 6.07) is 14.1. The Hall–Kier alpha value is -2.59. The van der Waals surface area contributed by atoms with Gasteiger partial charge in [-0.1, -0.05) is 29.3 Å². The third kappa shape index (κ3) is 3.43. The zero-order valence-corrected chi connectivity index (χ0v) is 13.3. The first kappa shape index (κ1) is 15.3. The molecule has 0 aliphatic rings. The van der Waals surface area contributed by atoms with E-state index < -0.39 is 0 Å². The largest absolute Gasteiger partial charge is 0.338 e. The molecule has 0 saturated carbocycles. The number of amides is 1. The molecule has 0 bridgehead atoms. The summed E-state index contributed by atoms with van der Waals surface area (Å²) in [6.45, 7) is 2.11. The van der Waals surface area contributed by atoms with Crippen molar-refractivity contribution in [1.29, 1.82) is 0 Å². The van der Waals surface area contributed by atoms with Crippen LogP contribution < -0.4 is 10.7 Å². The van der Waals surface area contributed by atoms with Gasteiger partial charge >= 0.3 is 0 Å². The highest BCUT2D eigenvalue weighted by molar-refractivity contribution is 6.31. The lowest BCUT2D eigenvalue weighted by atomic mass is 10.2. The summed E-state index contributed by atoms with van der Waals surface area (Å²) in [5.41, 5.74) is 2.44. The highest BCUT2D eigenvalue weighted by Gasteiger charge is 2.08. The lowest BCUT2D eigenvalue weighted by Gasteiger charge is -2.11. The van der Waals surface area contributed by atoms with E-state index >= 15 is 0 Å².